The summed E-state index contributed by atoms with van der Waals surface area (Å²) in [6.07, 6.45) is 6.72. The Morgan fingerprint density at radius 3 is 2.76 bits per heavy atom. The van der Waals surface area contributed by atoms with E-state index in [1.165, 1.54) is 11.1 Å². The number of nitrogens with one attached hydrogen (secondary N) is 1. The van der Waals surface area contributed by atoms with Gasteiger partial charge in [-0.2, -0.15) is 0 Å². The van der Waals surface area contributed by atoms with Crippen molar-refractivity contribution in [3.63, 3.8) is 0 Å². The van der Waals surface area contributed by atoms with Crippen LogP contribution in [0.15, 0.2) is 49.1 Å². The number of rotatable bonds is 5. The molecule has 1 N–H and O–H groups in total. The van der Waals surface area contributed by atoms with Crippen LogP contribution in [0.4, 0.5) is 11.8 Å². The first-order valence-electron chi connectivity index (χ1n) is 11.7. The quantitative estimate of drug-likeness (QED) is 0.488. The lowest BCUT2D eigenvalue weighted by Crippen LogP contribution is -2.45. The lowest BCUT2D eigenvalue weighted by Gasteiger charge is -2.36. The first kappa shape index (κ1) is 20.9. The van der Waals surface area contributed by atoms with Crippen molar-refractivity contribution in [1.29, 1.82) is 0 Å². The number of aromatic nitrogens is 5. The third kappa shape index (κ3) is 3.81. The number of morpholine rings is 1. The largest absolute Gasteiger partial charge is 0.493 e. The van der Waals surface area contributed by atoms with Crippen LogP contribution in [0.5, 0.6) is 5.75 Å². The molecular weight excluding hydrogens is 430 g/mol. The van der Waals surface area contributed by atoms with E-state index in [0.717, 1.165) is 54.5 Å². The molecule has 34 heavy (non-hydrogen) atoms. The van der Waals surface area contributed by atoms with E-state index in [1.54, 1.807) is 6.33 Å². The number of ether oxygens (including phenoxy) is 2. The Hall–Kier alpha value is -3.72. The SMILES string of the molecule is CC1CN(c2ccc(-c3cnc(NCc4cccc5c4CCO5)n4cnnc34)cn2)CC(C)O1. The maximum Gasteiger partial charge on any atom is 0.210 e. The Morgan fingerprint density at radius 2 is 1.94 bits per heavy atom. The third-order valence-electron chi connectivity index (χ3n) is 6.41. The highest BCUT2D eigenvalue weighted by atomic mass is 16.5. The average Bonchev–Trinajstić information content (AvgIpc) is 3.52. The molecule has 9 nitrogen and oxygen atoms in total. The van der Waals surface area contributed by atoms with Gasteiger partial charge >= 0.3 is 0 Å². The highest BCUT2D eigenvalue weighted by Gasteiger charge is 2.23. The fourth-order valence-corrected chi connectivity index (χ4v) is 4.88. The van der Waals surface area contributed by atoms with Crippen molar-refractivity contribution in [2.24, 2.45) is 0 Å². The van der Waals surface area contributed by atoms with E-state index >= 15 is 0 Å². The maximum absolute atomic E-state index is 5.84. The molecule has 0 bridgehead atoms. The zero-order valence-electron chi connectivity index (χ0n) is 19.3. The summed E-state index contributed by atoms with van der Waals surface area (Å²) in [6.45, 7) is 7.26. The van der Waals surface area contributed by atoms with Crippen LogP contribution < -0.4 is 15.0 Å². The molecule has 174 valence electrons. The standard InChI is InChI=1S/C25H27N7O2/c1-16-13-31(14-17(2)34-16)23-7-6-19(10-26-23)21-12-28-25(32-15-29-30-24(21)32)27-11-18-4-3-5-22-20(18)8-9-33-22/h3-7,10,12,15-17H,8-9,11,13-14H2,1-2H3,(H,27,28). The van der Waals surface area contributed by atoms with E-state index in [2.05, 4.69) is 57.4 Å². The van der Waals surface area contributed by atoms with Crippen LogP contribution in [-0.2, 0) is 17.7 Å². The molecule has 2 aliphatic heterocycles. The zero-order valence-corrected chi connectivity index (χ0v) is 19.3. The predicted octanol–water partition coefficient (Wildman–Crippen LogP) is 3.35. The van der Waals surface area contributed by atoms with E-state index < -0.39 is 0 Å². The summed E-state index contributed by atoms with van der Waals surface area (Å²) in [7, 11) is 0. The average molecular weight is 458 g/mol. The molecule has 0 radical (unpaired) electrons. The Labute approximate surface area is 197 Å². The second kappa shape index (κ2) is 8.57. The lowest BCUT2D eigenvalue weighted by atomic mass is 10.1. The normalized spacial score (nSPS) is 19.8. The van der Waals surface area contributed by atoms with Crippen molar-refractivity contribution >= 4 is 17.4 Å². The minimum atomic E-state index is 0.189. The lowest BCUT2D eigenvalue weighted by molar-refractivity contribution is -0.00545. The number of nitrogens with zero attached hydrogens (tertiary/aromatic N) is 6. The van der Waals surface area contributed by atoms with Crippen molar-refractivity contribution in [1.82, 2.24) is 24.6 Å². The van der Waals surface area contributed by atoms with Gasteiger partial charge in [-0.1, -0.05) is 12.1 Å². The number of anilines is 2. The number of hydrogen-bond donors (Lipinski definition) is 1. The Balaban J connectivity index is 1.24. The molecule has 0 spiro atoms. The maximum atomic E-state index is 5.84. The van der Waals surface area contributed by atoms with Gasteiger partial charge in [0.15, 0.2) is 5.65 Å². The molecule has 9 heteroatoms. The van der Waals surface area contributed by atoms with Gasteiger partial charge in [0.25, 0.3) is 0 Å². The summed E-state index contributed by atoms with van der Waals surface area (Å²) in [5, 5.41) is 11.9. The van der Waals surface area contributed by atoms with Crippen LogP contribution >= 0.6 is 0 Å². The van der Waals surface area contributed by atoms with E-state index in [0.29, 0.717) is 12.5 Å². The monoisotopic (exact) mass is 457 g/mol. The molecule has 0 amide bonds. The molecule has 1 fully saturated rings. The van der Waals surface area contributed by atoms with Gasteiger partial charge in [0.1, 0.15) is 17.9 Å². The van der Waals surface area contributed by atoms with E-state index in [1.807, 2.05) is 28.9 Å². The fourth-order valence-electron chi connectivity index (χ4n) is 4.88. The van der Waals surface area contributed by atoms with Gasteiger partial charge in [0.05, 0.1) is 18.8 Å². The number of pyridine rings is 1. The second-order valence-electron chi connectivity index (χ2n) is 8.93. The molecular formula is C25H27N7O2. The highest BCUT2D eigenvalue weighted by molar-refractivity contribution is 5.77. The molecule has 2 unspecified atom stereocenters. The fraction of sp³-hybridized carbons (Fsp3) is 0.360. The summed E-state index contributed by atoms with van der Waals surface area (Å²) in [4.78, 5) is 11.7. The van der Waals surface area contributed by atoms with Crippen molar-refractivity contribution in [2.75, 3.05) is 29.9 Å². The summed E-state index contributed by atoms with van der Waals surface area (Å²) in [5.41, 5.74) is 5.06. The molecule has 2 aliphatic rings. The minimum Gasteiger partial charge on any atom is -0.493 e. The van der Waals surface area contributed by atoms with Crippen molar-refractivity contribution in [3.8, 4) is 16.9 Å². The van der Waals surface area contributed by atoms with Crippen molar-refractivity contribution < 1.29 is 9.47 Å². The number of benzene rings is 1. The molecule has 2 atom stereocenters. The van der Waals surface area contributed by atoms with E-state index in [4.69, 9.17) is 14.5 Å². The Morgan fingerprint density at radius 1 is 1.06 bits per heavy atom. The smallest absolute Gasteiger partial charge is 0.210 e. The topological polar surface area (TPSA) is 89.7 Å². The second-order valence-corrected chi connectivity index (χ2v) is 8.93. The Kier molecular flexibility index (Phi) is 5.26. The third-order valence-corrected chi connectivity index (χ3v) is 6.41. The van der Waals surface area contributed by atoms with Gasteiger partial charge in [-0.15, -0.1) is 10.2 Å². The minimum absolute atomic E-state index is 0.189. The van der Waals surface area contributed by atoms with Crippen LogP contribution in [0.25, 0.3) is 16.8 Å². The molecule has 3 aromatic heterocycles. The Bertz CT molecular complexity index is 1310. The molecule has 0 saturated carbocycles. The summed E-state index contributed by atoms with van der Waals surface area (Å²) < 4.78 is 13.4. The molecule has 0 aliphatic carbocycles. The van der Waals surface area contributed by atoms with Gasteiger partial charge in [0.2, 0.25) is 5.95 Å². The van der Waals surface area contributed by atoms with Crippen LogP contribution in [-0.4, -0.2) is 56.5 Å². The van der Waals surface area contributed by atoms with Gasteiger partial charge in [0, 0.05) is 55.1 Å². The van der Waals surface area contributed by atoms with Crippen LogP contribution in [0.1, 0.15) is 25.0 Å². The van der Waals surface area contributed by atoms with Gasteiger partial charge in [-0.05, 0) is 37.6 Å². The van der Waals surface area contributed by atoms with E-state index in [9.17, 15) is 0 Å². The molecule has 1 aromatic carbocycles. The first-order valence-corrected chi connectivity index (χ1v) is 11.7. The molecule has 4 aromatic rings. The number of hydrogen-bond acceptors (Lipinski definition) is 8. The van der Waals surface area contributed by atoms with Gasteiger partial charge < -0.3 is 19.7 Å². The number of fused-ring (bicyclic) bond motifs is 2. The van der Waals surface area contributed by atoms with Gasteiger partial charge in [-0.3, -0.25) is 4.40 Å². The first-order chi connectivity index (χ1) is 16.7. The van der Waals surface area contributed by atoms with Crippen LogP contribution in [0.2, 0.25) is 0 Å². The highest BCUT2D eigenvalue weighted by Crippen LogP contribution is 2.29. The van der Waals surface area contributed by atoms with Crippen molar-refractivity contribution in [3.05, 3.63) is 60.2 Å². The van der Waals surface area contributed by atoms with Gasteiger partial charge in [-0.25, -0.2) is 9.97 Å². The van der Waals surface area contributed by atoms with Crippen LogP contribution in [0, 0.1) is 0 Å². The zero-order chi connectivity index (χ0) is 23.1. The van der Waals surface area contributed by atoms with Crippen molar-refractivity contribution in [2.45, 2.75) is 39.0 Å². The summed E-state index contributed by atoms with van der Waals surface area (Å²) in [5.74, 6) is 2.63. The summed E-state index contributed by atoms with van der Waals surface area (Å²) in [6, 6.07) is 10.3. The molecule has 6 rings (SSSR count). The van der Waals surface area contributed by atoms with Crippen LogP contribution in [0.3, 0.4) is 0 Å². The molecule has 1 saturated heterocycles. The summed E-state index contributed by atoms with van der Waals surface area (Å²) >= 11 is 0. The van der Waals surface area contributed by atoms with E-state index in [-0.39, 0.29) is 12.2 Å². The molecule has 5 heterocycles. The predicted molar refractivity (Wildman–Crippen MR) is 129 cm³/mol.